The van der Waals surface area contributed by atoms with Gasteiger partial charge in [-0.1, -0.05) is 12.1 Å². The summed E-state index contributed by atoms with van der Waals surface area (Å²) >= 11 is 0. The molecule has 5 nitrogen and oxygen atoms in total. The van der Waals surface area contributed by atoms with Crippen molar-refractivity contribution in [3.8, 4) is 16.9 Å². The lowest BCUT2D eigenvalue weighted by Gasteiger charge is -2.12. The van der Waals surface area contributed by atoms with Crippen LogP contribution in [0.1, 0.15) is 11.3 Å². The number of benzene rings is 1. The topological polar surface area (TPSA) is 62.7 Å². The van der Waals surface area contributed by atoms with E-state index in [0.717, 1.165) is 42.0 Å². The van der Waals surface area contributed by atoms with Gasteiger partial charge in [-0.05, 0) is 35.9 Å². The lowest BCUT2D eigenvalue weighted by molar-refractivity contribution is 0.641. The van der Waals surface area contributed by atoms with Crippen molar-refractivity contribution in [2.75, 3.05) is 6.54 Å². The minimum Gasteiger partial charge on any atom is -0.358 e. The molecule has 0 radical (unpaired) electrons. The van der Waals surface area contributed by atoms with Crippen molar-refractivity contribution in [1.29, 1.82) is 0 Å². The van der Waals surface area contributed by atoms with E-state index in [4.69, 9.17) is 0 Å². The number of aromatic nitrogens is 3. The van der Waals surface area contributed by atoms with E-state index in [1.54, 1.807) is 16.8 Å². The molecule has 0 spiro atoms. The first-order valence-corrected chi connectivity index (χ1v) is 8.78. The summed E-state index contributed by atoms with van der Waals surface area (Å²) in [5, 5.41) is 4.65. The lowest BCUT2D eigenvalue weighted by Crippen LogP contribution is -2.22. The Bertz CT molecular complexity index is 1160. The summed E-state index contributed by atoms with van der Waals surface area (Å²) in [7, 11) is 0. The highest BCUT2D eigenvalue weighted by molar-refractivity contribution is 5.86. The van der Waals surface area contributed by atoms with Crippen molar-refractivity contribution >= 4 is 10.9 Å². The third-order valence-electron chi connectivity index (χ3n) is 4.99. The molecule has 1 aliphatic rings. The molecule has 26 heavy (non-hydrogen) atoms. The van der Waals surface area contributed by atoms with Crippen LogP contribution in [0.4, 0.5) is 0 Å². The zero-order valence-corrected chi connectivity index (χ0v) is 14.2. The maximum Gasteiger partial charge on any atom is 0.255 e. The number of nitrogens with zero attached hydrogens (tertiary/aromatic N) is 2. The average Bonchev–Trinajstić information content (AvgIpc) is 3.06. The molecule has 1 aromatic carbocycles. The fraction of sp³-hybridized carbons (Fsp3) is 0.143. The number of fused-ring (bicyclic) bond motifs is 3. The normalized spacial score (nSPS) is 13.7. The second-order valence-corrected chi connectivity index (χ2v) is 6.58. The predicted octanol–water partition coefficient (Wildman–Crippen LogP) is 3.03. The van der Waals surface area contributed by atoms with E-state index in [2.05, 4.69) is 27.4 Å². The highest BCUT2D eigenvalue weighted by atomic mass is 16.1. The Morgan fingerprint density at radius 2 is 2.04 bits per heavy atom. The molecule has 3 aromatic heterocycles. The molecule has 2 N–H and O–H groups in total. The Morgan fingerprint density at radius 3 is 2.88 bits per heavy atom. The van der Waals surface area contributed by atoms with Crippen molar-refractivity contribution in [2.45, 2.75) is 13.0 Å². The van der Waals surface area contributed by atoms with E-state index in [-0.39, 0.29) is 5.56 Å². The van der Waals surface area contributed by atoms with Crippen LogP contribution in [0.2, 0.25) is 0 Å². The van der Waals surface area contributed by atoms with E-state index >= 15 is 0 Å². The number of H-pyrrole nitrogens is 1. The molecule has 0 saturated carbocycles. The molecule has 0 unspecified atom stereocenters. The van der Waals surface area contributed by atoms with Gasteiger partial charge in [-0.25, -0.2) is 0 Å². The fourth-order valence-corrected chi connectivity index (χ4v) is 3.68. The Hall–Kier alpha value is -3.18. The second kappa shape index (κ2) is 5.97. The Kier molecular flexibility index (Phi) is 3.47. The quantitative estimate of drug-likeness (QED) is 0.589. The van der Waals surface area contributed by atoms with Crippen LogP contribution >= 0.6 is 0 Å². The number of aromatic amines is 1. The molecule has 0 saturated heterocycles. The first kappa shape index (κ1) is 15.1. The van der Waals surface area contributed by atoms with Gasteiger partial charge in [-0.15, -0.1) is 0 Å². The predicted molar refractivity (Wildman–Crippen MR) is 103 cm³/mol. The molecule has 0 aliphatic carbocycles. The first-order valence-electron chi connectivity index (χ1n) is 8.78. The smallest absolute Gasteiger partial charge is 0.255 e. The lowest BCUT2D eigenvalue weighted by atomic mass is 10.1. The second-order valence-electron chi connectivity index (χ2n) is 6.58. The van der Waals surface area contributed by atoms with Crippen LogP contribution in [0.25, 0.3) is 27.8 Å². The molecule has 1 aliphatic heterocycles. The number of hydrogen-bond acceptors (Lipinski definition) is 3. The van der Waals surface area contributed by atoms with Gasteiger partial charge in [-0.2, -0.15) is 0 Å². The van der Waals surface area contributed by atoms with Gasteiger partial charge < -0.3 is 10.3 Å². The van der Waals surface area contributed by atoms with Crippen LogP contribution in [0, 0.1) is 0 Å². The fourth-order valence-electron chi connectivity index (χ4n) is 3.68. The van der Waals surface area contributed by atoms with Crippen LogP contribution in [0.5, 0.6) is 0 Å². The number of nitrogens with one attached hydrogen (secondary N) is 2. The average molecular weight is 342 g/mol. The third-order valence-corrected chi connectivity index (χ3v) is 4.99. The molecule has 4 aromatic rings. The van der Waals surface area contributed by atoms with Crippen LogP contribution in [0.15, 0.2) is 65.7 Å². The maximum absolute atomic E-state index is 12.7. The first-order chi connectivity index (χ1) is 12.8. The van der Waals surface area contributed by atoms with Crippen LogP contribution < -0.4 is 10.9 Å². The zero-order valence-electron chi connectivity index (χ0n) is 14.2. The van der Waals surface area contributed by atoms with Gasteiger partial charge in [0.15, 0.2) is 0 Å². The molecular weight excluding hydrogens is 324 g/mol. The van der Waals surface area contributed by atoms with E-state index < -0.39 is 0 Å². The SMILES string of the molecule is O=c1cc(-c2ccccn2)ccn1-c1ccc2c3c([nH]c2c1)CCNC3. The van der Waals surface area contributed by atoms with Crippen molar-refractivity contribution in [3.63, 3.8) is 0 Å². The van der Waals surface area contributed by atoms with Crippen LogP contribution in [0.3, 0.4) is 0 Å². The van der Waals surface area contributed by atoms with Gasteiger partial charge in [0.25, 0.3) is 5.56 Å². The van der Waals surface area contributed by atoms with E-state index in [0.29, 0.717) is 0 Å². The molecule has 0 bridgehead atoms. The Balaban J connectivity index is 1.58. The van der Waals surface area contributed by atoms with Gasteiger partial charge in [0, 0.05) is 60.1 Å². The van der Waals surface area contributed by atoms with E-state index in [9.17, 15) is 4.79 Å². The highest BCUT2D eigenvalue weighted by Crippen LogP contribution is 2.26. The number of hydrogen-bond donors (Lipinski definition) is 2. The van der Waals surface area contributed by atoms with Gasteiger partial charge in [-0.3, -0.25) is 14.3 Å². The molecule has 4 heterocycles. The number of rotatable bonds is 2. The van der Waals surface area contributed by atoms with Gasteiger partial charge >= 0.3 is 0 Å². The summed E-state index contributed by atoms with van der Waals surface area (Å²) in [6, 6.07) is 15.4. The van der Waals surface area contributed by atoms with Gasteiger partial charge in [0.05, 0.1) is 11.4 Å². The molecular formula is C21H18N4O. The van der Waals surface area contributed by atoms with Crippen LogP contribution in [-0.4, -0.2) is 21.1 Å². The maximum atomic E-state index is 12.7. The summed E-state index contributed by atoms with van der Waals surface area (Å²) in [6.45, 7) is 1.90. The largest absolute Gasteiger partial charge is 0.358 e. The standard InChI is InChI=1S/C21H18N4O/c26-21-11-14(18-3-1-2-8-23-18)7-10-25(21)15-4-5-16-17-13-22-9-6-19(17)24-20(16)12-15/h1-5,7-8,10-12,22,24H,6,9,13H2. The molecule has 0 fully saturated rings. The summed E-state index contributed by atoms with van der Waals surface area (Å²) in [5.74, 6) is 0. The minimum absolute atomic E-state index is 0.0644. The summed E-state index contributed by atoms with van der Waals surface area (Å²) < 4.78 is 1.67. The van der Waals surface area contributed by atoms with E-state index in [1.807, 2.05) is 36.5 Å². The van der Waals surface area contributed by atoms with Crippen molar-refractivity contribution in [2.24, 2.45) is 0 Å². The Morgan fingerprint density at radius 1 is 1.08 bits per heavy atom. The summed E-state index contributed by atoms with van der Waals surface area (Å²) in [4.78, 5) is 20.5. The van der Waals surface area contributed by atoms with Crippen molar-refractivity contribution < 1.29 is 0 Å². The molecule has 0 amide bonds. The highest BCUT2D eigenvalue weighted by Gasteiger charge is 2.15. The summed E-state index contributed by atoms with van der Waals surface area (Å²) in [6.07, 6.45) is 4.56. The minimum atomic E-state index is -0.0644. The molecule has 128 valence electrons. The van der Waals surface area contributed by atoms with E-state index in [1.165, 1.54) is 16.6 Å². The van der Waals surface area contributed by atoms with Crippen molar-refractivity contribution in [1.82, 2.24) is 19.9 Å². The zero-order chi connectivity index (χ0) is 17.5. The number of pyridine rings is 2. The third kappa shape index (κ3) is 2.45. The van der Waals surface area contributed by atoms with Crippen LogP contribution in [-0.2, 0) is 13.0 Å². The van der Waals surface area contributed by atoms with Crippen molar-refractivity contribution in [3.05, 3.63) is 82.5 Å². The molecule has 5 rings (SSSR count). The Labute approximate surface area is 150 Å². The molecule has 0 atom stereocenters. The molecule has 5 heteroatoms. The van der Waals surface area contributed by atoms with Gasteiger partial charge in [0.2, 0.25) is 0 Å². The summed E-state index contributed by atoms with van der Waals surface area (Å²) in [5.41, 5.74) is 6.15. The van der Waals surface area contributed by atoms with Gasteiger partial charge in [0.1, 0.15) is 0 Å². The monoisotopic (exact) mass is 342 g/mol.